The summed E-state index contributed by atoms with van der Waals surface area (Å²) in [6.45, 7) is -0.179. The van der Waals surface area contributed by atoms with E-state index in [1.807, 2.05) is 0 Å². The lowest BCUT2D eigenvalue weighted by molar-refractivity contribution is 0.0572. The molecule has 0 spiro atoms. The van der Waals surface area contributed by atoms with Crippen LogP contribution in [0.25, 0.3) is 0 Å². The third-order valence-corrected chi connectivity index (χ3v) is 4.59. The number of aliphatic hydroxyl groups is 2. The van der Waals surface area contributed by atoms with Gasteiger partial charge in [-0.05, 0) is 24.3 Å². The van der Waals surface area contributed by atoms with Crippen LogP contribution in [0.3, 0.4) is 0 Å². The average Bonchev–Trinajstić information content (AvgIpc) is 2.60. The minimum absolute atomic E-state index is 0.0894. The Hall–Kier alpha value is -1.15. The van der Waals surface area contributed by atoms with Gasteiger partial charge in [-0.3, -0.25) is 0 Å². The van der Waals surface area contributed by atoms with E-state index < -0.39 is 22.2 Å². The number of aliphatic hydroxyl groups excluding tert-OH is 2. The fourth-order valence-corrected chi connectivity index (χ4v) is 3.20. The normalized spacial score (nSPS) is 26.2. The summed E-state index contributed by atoms with van der Waals surface area (Å²) in [6.07, 6.45) is -2.06. The molecule has 1 saturated heterocycles. The van der Waals surface area contributed by atoms with Gasteiger partial charge in [0.1, 0.15) is 0 Å². The number of nitrogens with zero attached hydrogens (tertiary/aromatic N) is 1. The fraction of sp³-hybridized carbons (Fsp3) is 0.400. The zero-order valence-electron chi connectivity index (χ0n) is 9.02. The van der Waals surface area contributed by atoms with Crippen molar-refractivity contribution in [3.8, 4) is 0 Å². The van der Waals surface area contributed by atoms with Gasteiger partial charge < -0.3 is 15.9 Å². The van der Waals surface area contributed by atoms with Crippen molar-refractivity contribution < 1.29 is 18.6 Å². The Morgan fingerprint density at radius 1 is 1.12 bits per heavy atom. The summed E-state index contributed by atoms with van der Waals surface area (Å²) in [5.74, 6) is 0. The zero-order valence-corrected chi connectivity index (χ0v) is 9.84. The predicted molar refractivity (Wildman–Crippen MR) is 61.6 cm³/mol. The first-order valence-corrected chi connectivity index (χ1v) is 6.57. The largest absolute Gasteiger partial charge is 0.399 e. The summed E-state index contributed by atoms with van der Waals surface area (Å²) in [4.78, 5) is 0.105. The van der Waals surface area contributed by atoms with Crippen molar-refractivity contribution >= 4 is 15.7 Å². The lowest BCUT2D eigenvalue weighted by Crippen LogP contribution is -2.29. The highest BCUT2D eigenvalue weighted by Gasteiger charge is 2.37. The monoisotopic (exact) mass is 258 g/mol. The minimum Gasteiger partial charge on any atom is -0.399 e. The van der Waals surface area contributed by atoms with Gasteiger partial charge in [0.2, 0.25) is 10.0 Å². The lowest BCUT2D eigenvalue weighted by atomic mass is 10.3. The van der Waals surface area contributed by atoms with Gasteiger partial charge in [0.25, 0.3) is 0 Å². The number of β-amino-alcohol motifs (C(OH)–C–C–N with tert-alkyl or cyclic N) is 2. The molecular formula is C10H14N2O4S. The number of benzene rings is 1. The summed E-state index contributed by atoms with van der Waals surface area (Å²) in [5.41, 5.74) is 5.96. The number of hydrogen-bond donors (Lipinski definition) is 3. The SMILES string of the molecule is Nc1ccc(S(=O)(=O)N2C[C@@H](O)[C@@H](O)C2)cc1. The van der Waals surface area contributed by atoms with E-state index in [-0.39, 0.29) is 18.0 Å². The Balaban J connectivity index is 2.28. The van der Waals surface area contributed by atoms with Crippen molar-refractivity contribution in [2.24, 2.45) is 0 Å². The topological polar surface area (TPSA) is 104 Å². The predicted octanol–water partition coefficient (Wildman–Crippen LogP) is -1.01. The summed E-state index contributed by atoms with van der Waals surface area (Å²) >= 11 is 0. The molecule has 1 aliphatic heterocycles. The Labute approximate surface area is 99.3 Å². The molecule has 0 amide bonds. The molecule has 17 heavy (non-hydrogen) atoms. The number of nitrogens with two attached hydrogens (primary N) is 1. The molecule has 0 saturated carbocycles. The van der Waals surface area contributed by atoms with Crippen LogP contribution in [0.5, 0.6) is 0 Å². The van der Waals surface area contributed by atoms with Gasteiger partial charge in [-0.15, -0.1) is 0 Å². The maximum atomic E-state index is 12.1. The third-order valence-electron chi connectivity index (χ3n) is 2.74. The highest BCUT2D eigenvalue weighted by atomic mass is 32.2. The van der Waals surface area contributed by atoms with Gasteiger partial charge in [0.05, 0.1) is 17.1 Å². The smallest absolute Gasteiger partial charge is 0.243 e. The van der Waals surface area contributed by atoms with Crippen LogP contribution in [0.15, 0.2) is 29.2 Å². The molecule has 2 atom stereocenters. The maximum absolute atomic E-state index is 12.1. The van der Waals surface area contributed by atoms with Crippen molar-refractivity contribution in [2.75, 3.05) is 18.8 Å². The second kappa shape index (κ2) is 4.26. The minimum atomic E-state index is -3.66. The highest BCUT2D eigenvalue weighted by molar-refractivity contribution is 7.89. The van der Waals surface area contributed by atoms with E-state index in [2.05, 4.69) is 0 Å². The van der Waals surface area contributed by atoms with E-state index >= 15 is 0 Å². The molecule has 4 N–H and O–H groups in total. The van der Waals surface area contributed by atoms with E-state index in [1.165, 1.54) is 24.3 Å². The highest BCUT2D eigenvalue weighted by Crippen LogP contribution is 2.21. The molecule has 0 aliphatic carbocycles. The van der Waals surface area contributed by atoms with Crippen LogP contribution >= 0.6 is 0 Å². The molecule has 0 bridgehead atoms. The summed E-state index contributed by atoms with van der Waals surface area (Å²) in [6, 6.07) is 5.80. The number of nitrogen functional groups attached to an aromatic ring is 1. The Morgan fingerprint density at radius 3 is 2.06 bits per heavy atom. The Morgan fingerprint density at radius 2 is 1.59 bits per heavy atom. The van der Waals surface area contributed by atoms with Crippen LogP contribution in [0.1, 0.15) is 0 Å². The van der Waals surface area contributed by atoms with E-state index in [0.717, 1.165) is 4.31 Å². The van der Waals surface area contributed by atoms with Crippen LogP contribution in [0, 0.1) is 0 Å². The van der Waals surface area contributed by atoms with Crippen molar-refractivity contribution in [3.05, 3.63) is 24.3 Å². The molecule has 0 radical (unpaired) electrons. The van der Waals surface area contributed by atoms with E-state index in [1.54, 1.807) is 0 Å². The second-order valence-electron chi connectivity index (χ2n) is 4.03. The Bertz CT molecular complexity index is 490. The summed E-state index contributed by atoms with van der Waals surface area (Å²) in [5, 5.41) is 18.7. The standard InChI is InChI=1S/C10H14N2O4S/c11-7-1-3-8(4-2-7)17(15,16)12-5-9(13)10(14)6-12/h1-4,9-10,13-14H,5-6,11H2/t9-,10+. The van der Waals surface area contributed by atoms with E-state index in [9.17, 15) is 18.6 Å². The van der Waals surface area contributed by atoms with Crippen molar-refractivity contribution in [3.63, 3.8) is 0 Å². The quantitative estimate of drug-likeness (QED) is 0.590. The number of hydrogen-bond acceptors (Lipinski definition) is 5. The van der Waals surface area contributed by atoms with Crippen molar-refractivity contribution in [1.82, 2.24) is 4.31 Å². The van der Waals surface area contributed by atoms with Gasteiger partial charge in [-0.25, -0.2) is 8.42 Å². The van der Waals surface area contributed by atoms with E-state index in [4.69, 9.17) is 5.73 Å². The number of anilines is 1. The summed E-state index contributed by atoms with van der Waals surface area (Å²) in [7, 11) is -3.66. The van der Waals surface area contributed by atoms with Gasteiger partial charge in [-0.2, -0.15) is 4.31 Å². The molecule has 7 heteroatoms. The van der Waals surface area contributed by atoms with Gasteiger partial charge in [0.15, 0.2) is 0 Å². The van der Waals surface area contributed by atoms with Crippen LogP contribution in [0.2, 0.25) is 0 Å². The van der Waals surface area contributed by atoms with Crippen LogP contribution in [-0.2, 0) is 10.0 Å². The first-order valence-electron chi connectivity index (χ1n) is 5.13. The van der Waals surface area contributed by atoms with Crippen molar-refractivity contribution in [1.29, 1.82) is 0 Å². The molecular weight excluding hydrogens is 244 g/mol. The van der Waals surface area contributed by atoms with Crippen LogP contribution in [0.4, 0.5) is 5.69 Å². The molecule has 94 valence electrons. The molecule has 1 heterocycles. The lowest BCUT2D eigenvalue weighted by Gasteiger charge is -2.15. The third kappa shape index (κ3) is 2.27. The number of sulfonamides is 1. The van der Waals surface area contributed by atoms with Gasteiger partial charge >= 0.3 is 0 Å². The molecule has 2 rings (SSSR count). The molecule has 6 nitrogen and oxygen atoms in total. The first-order chi connectivity index (χ1) is 7.91. The second-order valence-corrected chi connectivity index (χ2v) is 5.96. The fourth-order valence-electron chi connectivity index (χ4n) is 1.72. The van der Waals surface area contributed by atoms with Crippen molar-refractivity contribution in [2.45, 2.75) is 17.1 Å². The molecule has 0 unspecified atom stereocenters. The number of rotatable bonds is 2. The summed E-state index contributed by atoms with van der Waals surface area (Å²) < 4.78 is 25.3. The molecule has 1 aromatic carbocycles. The molecule has 1 aromatic rings. The van der Waals surface area contributed by atoms with E-state index in [0.29, 0.717) is 5.69 Å². The first kappa shape index (κ1) is 12.3. The van der Waals surface area contributed by atoms with Crippen LogP contribution in [-0.4, -0.2) is 48.2 Å². The zero-order chi connectivity index (χ0) is 12.6. The van der Waals surface area contributed by atoms with Gasteiger partial charge in [-0.1, -0.05) is 0 Å². The molecule has 0 aromatic heterocycles. The Kier molecular flexibility index (Phi) is 3.09. The molecule has 1 fully saturated rings. The molecule has 1 aliphatic rings. The average molecular weight is 258 g/mol. The van der Waals surface area contributed by atoms with Crippen LogP contribution < -0.4 is 5.73 Å². The van der Waals surface area contributed by atoms with Gasteiger partial charge in [0, 0.05) is 18.8 Å². The maximum Gasteiger partial charge on any atom is 0.243 e.